The fourth-order valence-corrected chi connectivity index (χ4v) is 15.9. The number of amides is 8. The van der Waals surface area contributed by atoms with E-state index in [-0.39, 0.29) is 160 Å². The number of hydrogen-bond donors (Lipinski definition) is 5. The number of aliphatic hydroxyl groups is 1. The maximum Gasteiger partial charge on any atom is 0.416 e. The monoisotopic (exact) mass is 1560 g/mol. The Morgan fingerprint density at radius 1 is 0.711 bits per heavy atom. The summed E-state index contributed by atoms with van der Waals surface area (Å²) in [6.07, 6.45) is 3.75. The van der Waals surface area contributed by atoms with Gasteiger partial charge in [-0.3, -0.25) is 38.4 Å². The molecule has 5 atom stereocenters. The van der Waals surface area contributed by atoms with Crippen LogP contribution in [0.25, 0.3) is 28.1 Å². The Bertz CT molecular complexity index is 4860. The van der Waals surface area contributed by atoms with Crippen LogP contribution in [-0.4, -0.2) is 167 Å². The number of aromatic nitrogens is 3. The van der Waals surface area contributed by atoms with Gasteiger partial charge in [0.15, 0.2) is 40.8 Å². The van der Waals surface area contributed by atoms with E-state index in [1.807, 2.05) is 108 Å². The van der Waals surface area contributed by atoms with Gasteiger partial charge in [-0.1, -0.05) is 91.0 Å². The van der Waals surface area contributed by atoms with Crippen molar-refractivity contribution in [1.82, 2.24) is 40.7 Å². The van der Waals surface area contributed by atoms with E-state index in [9.17, 15) is 53.1 Å². The Morgan fingerprint density at radius 3 is 2.11 bits per heavy atom. The number of nitrogens with two attached hydrogens (primary N) is 1. The third-order valence-corrected chi connectivity index (χ3v) is 22.4. The van der Waals surface area contributed by atoms with E-state index >= 15 is 0 Å². The van der Waals surface area contributed by atoms with E-state index in [4.69, 9.17) is 34.2 Å². The van der Waals surface area contributed by atoms with Gasteiger partial charge in [0.25, 0.3) is 11.8 Å². The second-order valence-electron chi connectivity index (χ2n) is 30.4. The molecule has 6 aromatic carbocycles. The van der Waals surface area contributed by atoms with Crippen LogP contribution in [0.1, 0.15) is 165 Å². The number of nitrogens with zero attached hydrogens (tertiary/aromatic N) is 7. The molecule has 1 saturated carbocycles. The molecular weight excluding hydrogens is 1460 g/mol. The quantitative estimate of drug-likeness (QED) is 0.0239. The topological polar surface area (TPSA) is 352 Å². The van der Waals surface area contributed by atoms with Gasteiger partial charge in [0.05, 0.1) is 82.3 Å². The zero-order valence-electron chi connectivity index (χ0n) is 65.0. The molecule has 1 aromatic heterocycles. The van der Waals surface area contributed by atoms with Crippen LogP contribution < -0.4 is 55.2 Å². The van der Waals surface area contributed by atoms with Gasteiger partial charge in [0, 0.05) is 105 Å². The van der Waals surface area contributed by atoms with Crippen molar-refractivity contribution >= 4 is 76.0 Å². The molecule has 1 unspecified atom stereocenters. The summed E-state index contributed by atoms with van der Waals surface area (Å²) in [6.45, 7) is 6.13. The molecule has 1 spiro atoms. The highest BCUT2D eigenvalue weighted by Crippen LogP contribution is 2.57. The summed E-state index contributed by atoms with van der Waals surface area (Å²) in [4.78, 5) is 143. The van der Waals surface area contributed by atoms with Crippen LogP contribution in [0.2, 0.25) is 0 Å². The first-order chi connectivity index (χ1) is 55.0. The lowest BCUT2D eigenvalue weighted by atomic mass is 9.95. The Labute approximate surface area is 660 Å². The number of carbonyl (C=O) groups is 10. The number of primary amides is 1. The van der Waals surface area contributed by atoms with Gasteiger partial charge in [-0.15, -0.1) is 5.10 Å². The van der Waals surface area contributed by atoms with E-state index in [1.54, 1.807) is 54.2 Å². The van der Waals surface area contributed by atoms with E-state index in [0.29, 0.717) is 65.4 Å². The molecule has 6 heterocycles. The lowest BCUT2D eigenvalue weighted by Gasteiger charge is -2.31. The second kappa shape index (κ2) is 35.4. The molecule has 598 valence electrons. The lowest BCUT2D eigenvalue weighted by Crippen LogP contribution is -2.50. The Balaban J connectivity index is 0.591. The number of urea groups is 1. The summed E-state index contributed by atoms with van der Waals surface area (Å²) in [7, 11) is 4.59. The molecule has 2 fully saturated rings. The molecule has 1 saturated heterocycles. The number of carbonyl (C=O) groups excluding carboxylic acids is 10. The molecule has 5 aliphatic heterocycles. The van der Waals surface area contributed by atoms with Crippen molar-refractivity contribution in [3.63, 3.8) is 0 Å². The van der Waals surface area contributed by atoms with E-state index in [0.717, 1.165) is 75.4 Å². The largest absolute Gasteiger partial charge is 0.497 e. The van der Waals surface area contributed by atoms with E-state index in [1.165, 1.54) is 26.4 Å². The van der Waals surface area contributed by atoms with Gasteiger partial charge >= 0.3 is 12.1 Å². The number of ether oxygens (including phenoxy) is 6. The first-order valence-electron chi connectivity index (χ1n) is 39.0. The maximum absolute atomic E-state index is 14.6. The lowest BCUT2D eigenvalue weighted by molar-refractivity contribution is -0.132. The number of Topliss-reactive ketones (excluding diaryl/α,β-unsaturated/α-hetero) is 3. The molecule has 28 nitrogen and oxygen atoms in total. The average Bonchev–Trinajstić information content (AvgIpc) is 1.56. The van der Waals surface area contributed by atoms with Gasteiger partial charge in [0.1, 0.15) is 23.8 Å². The maximum atomic E-state index is 14.6. The number of aliphatic hydroxyl groups excluding tert-OH is 1. The van der Waals surface area contributed by atoms with Crippen LogP contribution in [0.3, 0.4) is 0 Å². The van der Waals surface area contributed by atoms with Gasteiger partial charge in [-0.2, -0.15) is 0 Å². The molecule has 0 radical (unpaired) electrons. The van der Waals surface area contributed by atoms with E-state index < -0.39 is 60.5 Å². The van der Waals surface area contributed by atoms with Crippen molar-refractivity contribution in [2.24, 2.45) is 17.1 Å². The Morgan fingerprint density at radius 2 is 1.40 bits per heavy atom. The van der Waals surface area contributed by atoms with Crippen LogP contribution in [0.4, 0.5) is 21.0 Å². The second-order valence-corrected chi connectivity index (χ2v) is 30.4. The number of anilines is 2. The van der Waals surface area contributed by atoms with Gasteiger partial charge in [-0.25, -0.2) is 19.2 Å². The fraction of sp³-hybridized carbons (Fsp3) is 0.419. The molecule has 114 heavy (non-hydrogen) atoms. The minimum Gasteiger partial charge on any atom is -0.497 e. The molecule has 13 rings (SSSR count). The molecule has 28 heteroatoms. The molecule has 6 aliphatic rings. The van der Waals surface area contributed by atoms with Crippen molar-refractivity contribution in [1.29, 1.82) is 0 Å². The third kappa shape index (κ3) is 17.9. The molecule has 0 bridgehead atoms. The predicted molar refractivity (Wildman–Crippen MR) is 422 cm³/mol. The van der Waals surface area contributed by atoms with Crippen LogP contribution in [0.15, 0.2) is 128 Å². The molecule has 1 aliphatic carbocycles. The summed E-state index contributed by atoms with van der Waals surface area (Å²) in [6, 6.07) is 33.8. The van der Waals surface area contributed by atoms with E-state index in [2.05, 4.69) is 26.3 Å². The average molecular weight is 1560 g/mol. The van der Waals surface area contributed by atoms with Crippen molar-refractivity contribution in [2.75, 3.05) is 64.0 Å². The first-order valence-corrected chi connectivity index (χ1v) is 39.0. The fourth-order valence-electron chi connectivity index (χ4n) is 15.9. The van der Waals surface area contributed by atoms with Crippen LogP contribution in [-0.2, 0) is 59.5 Å². The SMILES string of the molecule is CC[C@H](CC(=O)CNC(=O)CCC(=O)CCC(=O)N1Cc2ccccc2-c2c(nnn2C(C)C)-c2ccccc21)C(=O)N[C@@H](CCCNC(N)=O)C(=O)Cc1ccc(COC(=O)N2c3cc(OCCCOc4cc5c(cc4OC)C(=O)N4C=C(c6ccc(OC)cc6)C[C@H]4CC5)c(OC)cc3C(=O)N3CC4(CC4)C[C@H]3C2O)cc1. The number of benzene rings is 6. The summed E-state index contributed by atoms with van der Waals surface area (Å²) < 4.78 is 37.4. The minimum atomic E-state index is -1.51. The number of ketones is 3. The number of hydrogen-bond acceptors (Lipinski definition) is 19. The number of aryl methyl sites for hydroxylation is 1. The van der Waals surface area contributed by atoms with Gasteiger partial charge in [0.2, 0.25) is 17.7 Å². The number of rotatable bonds is 33. The van der Waals surface area contributed by atoms with Crippen LogP contribution >= 0.6 is 0 Å². The third-order valence-electron chi connectivity index (χ3n) is 22.4. The highest BCUT2D eigenvalue weighted by Gasteiger charge is 2.58. The van der Waals surface area contributed by atoms with Crippen molar-refractivity contribution in [3.05, 3.63) is 166 Å². The van der Waals surface area contributed by atoms with Gasteiger partial charge in [-0.05, 0) is 147 Å². The number of methoxy groups -OCH3 is 3. The highest BCUT2D eigenvalue weighted by molar-refractivity contribution is 6.07. The normalized spacial score (nSPS) is 17.3. The Hall–Kier alpha value is -11.9. The molecular formula is C86H97N11O17. The summed E-state index contributed by atoms with van der Waals surface area (Å²) in [5.74, 6) is -1.88. The molecule has 6 N–H and O–H groups in total. The zero-order valence-corrected chi connectivity index (χ0v) is 65.0. The minimum absolute atomic E-state index is 0.00403. The van der Waals surface area contributed by atoms with Crippen LogP contribution in [0, 0.1) is 11.3 Å². The Kier molecular flexibility index (Phi) is 24.9. The standard InChI is InChI=1S/C86H97N11O17/c1-7-54(40-61(99)46-89-76(101)31-27-60(98)28-32-77(102)94-47-57-14-8-9-15-63(57)79-78(91-92-97(79)51(2)3)64-16-10-11-18-68(64)94)80(103)90-67(17-12-35-88-84(87)107)71(100)38-52-19-21-53(22-20-52)49-114-85(108)96-69-44-75(73(111-6)43-66(69)82(105)95-50-86(33-34-86)45-70(95)83(96)106)113-37-13-36-112-74-41-56-23-26-59-39-58(55-24-29-62(109-4)30-25-55)48-93(59)81(104)65(56)42-72(74)110-5/h8-11,14-16,18-22,24-25,29-30,41-44,48,51,54,59,67,70,83,106H,7,12-13,17,23,26-28,31-40,45-47,49-50H2,1-6H3,(H,89,101)(H,90,103)(H3,87,88,107)/t54-,59-,67+,70+,83?/m1/s1. The highest BCUT2D eigenvalue weighted by atomic mass is 16.6. The molecule has 8 amide bonds. The summed E-state index contributed by atoms with van der Waals surface area (Å²) in [5.41, 5.74) is 14.6. The van der Waals surface area contributed by atoms with Crippen molar-refractivity contribution < 1.29 is 81.5 Å². The number of fused-ring (bicyclic) bond motifs is 9. The van der Waals surface area contributed by atoms with Crippen LogP contribution in [0.5, 0.6) is 28.7 Å². The predicted octanol–water partition coefficient (Wildman–Crippen LogP) is 10.6. The summed E-state index contributed by atoms with van der Waals surface area (Å²) >= 11 is 0. The van der Waals surface area contributed by atoms with Crippen molar-refractivity contribution in [2.45, 2.75) is 167 Å². The zero-order chi connectivity index (χ0) is 80.5. The summed E-state index contributed by atoms with van der Waals surface area (Å²) in [5, 5.41) is 29.2. The number of para-hydroxylation sites is 1. The molecule has 7 aromatic rings. The first kappa shape index (κ1) is 80.1. The smallest absolute Gasteiger partial charge is 0.416 e. The number of nitrogens with one attached hydrogen (secondary N) is 3. The van der Waals surface area contributed by atoms with Gasteiger partial charge < -0.3 is 69.9 Å². The van der Waals surface area contributed by atoms with Crippen molar-refractivity contribution in [3.8, 4) is 51.3 Å².